The van der Waals surface area contributed by atoms with Crippen LogP contribution in [0, 0.1) is 13.8 Å². The summed E-state index contributed by atoms with van der Waals surface area (Å²) in [6.45, 7) is 6.18. The first-order valence-electron chi connectivity index (χ1n) is 9.19. The van der Waals surface area contributed by atoms with Gasteiger partial charge in [-0.05, 0) is 57.2 Å². The zero-order chi connectivity index (χ0) is 20.1. The van der Waals surface area contributed by atoms with Crippen molar-refractivity contribution in [1.29, 1.82) is 0 Å². The van der Waals surface area contributed by atoms with Crippen LogP contribution in [0.4, 0.5) is 11.4 Å². The maximum absolute atomic E-state index is 12.7. The van der Waals surface area contributed by atoms with Crippen LogP contribution in [0.5, 0.6) is 5.88 Å². The highest BCUT2D eigenvalue weighted by atomic mass is 16.5. The van der Waals surface area contributed by atoms with Crippen molar-refractivity contribution in [2.75, 3.05) is 23.8 Å². The number of hydrogen-bond donors (Lipinski definition) is 1. The van der Waals surface area contributed by atoms with Gasteiger partial charge in [0.05, 0.1) is 0 Å². The molecule has 28 heavy (non-hydrogen) atoms. The molecule has 1 aromatic heterocycles. The molecule has 1 heterocycles. The number of rotatable bonds is 6. The third-order valence-electron chi connectivity index (χ3n) is 4.53. The summed E-state index contributed by atoms with van der Waals surface area (Å²) in [5.41, 5.74) is 9.73. The van der Waals surface area contributed by atoms with Crippen molar-refractivity contribution >= 4 is 17.3 Å². The molecule has 0 saturated carbocycles. The summed E-state index contributed by atoms with van der Waals surface area (Å²) >= 11 is 0. The fourth-order valence-electron chi connectivity index (χ4n) is 2.82. The van der Waals surface area contributed by atoms with Gasteiger partial charge in [0.15, 0.2) is 12.4 Å². The lowest BCUT2D eigenvalue weighted by molar-refractivity contribution is -0.120. The Bertz CT molecular complexity index is 956. The minimum atomic E-state index is -0.126. The topological polar surface area (TPSA) is 81.3 Å². The molecule has 0 aliphatic rings. The fourth-order valence-corrected chi connectivity index (χ4v) is 2.82. The molecule has 2 aromatic carbocycles. The molecule has 0 bridgehead atoms. The van der Waals surface area contributed by atoms with Gasteiger partial charge in [-0.25, -0.2) is 4.98 Å². The second-order valence-electron chi connectivity index (χ2n) is 6.45. The van der Waals surface area contributed by atoms with Crippen molar-refractivity contribution in [1.82, 2.24) is 9.97 Å². The third kappa shape index (κ3) is 4.28. The molecule has 0 fully saturated rings. The predicted octanol–water partition coefficient (Wildman–Crippen LogP) is 3.77. The molecule has 0 aliphatic heterocycles. The average molecular weight is 376 g/mol. The molecule has 6 heteroatoms. The van der Waals surface area contributed by atoms with Crippen LogP contribution >= 0.6 is 0 Å². The molecule has 0 saturated heterocycles. The van der Waals surface area contributed by atoms with Crippen LogP contribution in [0.3, 0.4) is 0 Å². The van der Waals surface area contributed by atoms with Gasteiger partial charge in [-0.15, -0.1) is 0 Å². The summed E-state index contributed by atoms with van der Waals surface area (Å²) in [7, 11) is 0. The fraction of sp³-hybridized carbons (Fsp3) is 0.227. The Morgan fingerprint density at radius 3 is 2.36 bits per heavy atom. The number of aromatic nitrogens is 2. The number of likely N-dealkylation sites (N-methyl/N-ethyl adjacent to an activating group) is 1. The van der Waals surface area contributed by atoms with E-state index in [0.717, 1.165) is 22.5 Å². The lowest BCUT2D eigenvalue weighted by Gasteiger charge is -2.21. The second kappa shape index (κ2) is 8.52. The molecule has 1 amide bonds. The summed E-state index contributed by atoms with van der Waals surface area (Å²) in [4.78, 5) is 23.4. The molecule has 0 atom stereocenters. The van der Waals surface area contributed by atoms with E-state index < -0.39 is 0 Å². The highest BCUT2D eigenvalue weighted by Crippen LogP contribution is 2.24. The number of para-hydroxylation sites is 1. The Labute approximate surface area is 165 Å². The predicted molar refractivity (Wildman–Crippen MR) is 111 cm³/mol. The maximum Gasteiger partial charge on any atom is 0.264 e. The Kier molecular flexibility index (Phi) is 5.89. The van der Waals surface area contributed by atoms with E-state index in [4.69, 9.17) is 10.5 Å². The molecule has 0 aliphatic carbocycles. The van der Waals surface area contributed by atoms with Gasteiger partial charge >= 0.3 is 0 Å². The zero-order valence-corrected chi connectivity index (χ0v) is 16.3. The van der Waals surface area contributed by atoms with E-state index in [0.29, 0.717) is 23.9 Å². The lowest BCUT2D eigenvalue weighted by Crippen LogP contribution is -2.35. The number of benzene rings is 2. The highest BCUT2D eigenvalue weighted by Gasteiger charge is 2.17. The molecule has 0 radical (unpaired) electrons. The van der Waals surface area contributed by atoms with Crippen LogP contribution in [-0.4, -0.2) is 29.0 Å². The molecule has 144 valence electrons. The minimum absolute atomic E-state index is 0.0960. The number of nitrogen functional groups attached to an aromatic ring is 1. The number of carbonyl (C=O) groups is 1. The van der Waals surface area contributed by atoms with Crippen LogP contribution in [0.15, 0.2) is 54.6 Å². The number of amides is 1. The quantitative estimate of drug-likeness (QED) is 0.662. The van der Waals surface area contributed by atoms with Crippen LogP contribution in [0.25, 0.3) is 11.4 Å². The maximum atomic E-state index is 12.7. The normalized spacial score (nSPS) is 10.5. The van der Waals surface area contributed by atoms with Gasteiger partial charge < -0.3 is 15.4 Å². The molecule has 6 nitrogen and oxygen atoms in total. The number of hydrogen-bond acceptors (Lipinski definition) is 5. The summed E-state index contributed by atoms with van der Waals surface area (Å²) in [5.74, 6) is 0.830. The second-order valence-corrected chi connectivity index (χ2v) is 6.45. The number of ether oxygens (including phenoxy) is 1. The van der Waals surface area contributed by atoms with E-state index in [9.17, 15) is 4.79 Å². The van der Waals surface area contributed by atoms with Gasteiger partial charge in [0.2, 0.25) is 5.88 Å². The van der Waals surface area contributed by atoms with Crippen molar-refractivity contribution < 1.29 is 9.53 Å². The van der Waals surface area contributed by atoms with Crippen LogP contribution in [0.2, 0.25) is 0 Å². The largest absolute Gasteiger partial charge is 0.467 e. The van der Waals surface area contributed by atoms with Crippen molar-refractivity contribution in [3.8, 4) is 17.3 Å². The van der Waals surface area contributed by atoms with Crippen LogP contribution in [-0.2, 0) is 4.79 Å². The van der Waals surface area contributed by atoms with E-state index >= 15 is 0 Å². The Morgan fingerprint density at radius 1 is 1.04 bits per heavy atom. The van der Waals surface area contributed by atoms with E-state index in [2.05, 4.69) is 9.97 Å². The third-order valence-corrected chi connectivity index (χ3v) is 4.53. The van der Waals surface area contributed by atoms with E-state index in [1.54, 1.807) is 17.0 Å². The summed E-state index contributed by atoms with van der Waals surface area (Å²) in [6.07, 6.45) is 0. The molecule has 2 N–H and O–H groups in total. The highest BCUT2D eigenvalue weighted by molar-refractivity contribution is 5.94. The SMILES string of the molecule is CCN(C(=O)COc1nc(-c2ccc(N)cc2)nc(C)c1C)c1ccccc1. The monoisotopic (exact) mass is 376 g/mol. The standard InChI is InChI=1S/C22H24N4O2/c1-4-26(19-8-6-5-7-9-19)20(27)14-28-22-15(2)16(3)24-21(25-22)17-10-12-18(23)13-11-17/h5-13H,4,14,23H2,1-3H3. The molecular weight excluding hydrogens is 352 g/mol. The van der Waals surface area contributed by atoms with E-state index in [-0.39, 0.29) is 12.5 Å². The minimum Gasteiger partial charge on any atom is -0.467 e. The van der Waals surface area contributed by atoms with Gasteiger partial charge in [-0.1, -0.05) is 18.2 Å². The average Bonchev–Trinajstić information content (AvgIpc) is 2.71. The number of nitrogens with zero attached hydrogens (tertiary/aromatic N) is 3. The Hall–Kier alpha value is -3.41. The number of aryl methyl sites for hydroxylation is 1. The molecule has 3 aromatic rings. The van der Waals surface area contributed by atoms with Crippen molar-refractivity contribution in [2.24, 2.45) is 0 Å². The van der Waals surface area contributed by atoms with Crippen molar-refractivity contribution in [2.45, 2.75) is 20.8 Å². The van der Waals surface area contributed by atoms with E-state index in [1.807, 2.05) is 63.2 Å². The van der Waals surface area contributed by atoms with Gasteiger partial charge in [0.25, 0.3) is 5.91 Å². The number of anilines is 2. The first kappa shape index (κ1) is 19.4. The zero-order valence-electron chi connectivity index (χ0n) is 16.3. The van der Waals surface area contributed by atoms with Gasteiger partial charge in [0, 0.05) is 34.7 Å². The first-order chi connectivity index (χ1) is 13.5. The molecule has 3 rings (SSSR count). The van der Waals surface area contributed by atoms with Crippen LogP contribution < -0.4 is 15.4 Å². The van der Waals surface area contributed by atoms with Crippen molar-refractivity contribution in [3.05, 3.63) is 65.9 Å². The summed E-state index contributed by atoms with van der Waals surface area (Å²) < 4.78 is 5.80. The van der Waals surface area contributed by atoms with Gasteiger partial charge in [0.1, 0.15) is 0 Å². The molecular formula is C22H24N4O2. The smallest absolute Gasteiger partial charge is 0.264 e. The lowest BCUT2D eigenvalue weighted by atomic mass is 10.2. The van der Waals surface area contributed by atoms with E-state index in [1.165, 1.54) is 0 Å². The number of nitrogens with two attached hydrogens (primary N) is 1. The Balaban J connectivity index is 1.80. The first-order valence-corrected chi connectivity index (χ1v) is 9.19. The molecule has 0 unspecified atom stereocenters. The van der Waals surface area contributed by atoms with Gasteiger partial charge in [-0.2, -0.15) is 4.98 Å². The van der Waals surface area contributed by atoms with Gasteiger partial charge in [-0.3, -0.25) is 4.79 Å². The Morgan fingerprint density at radius 2 is 1.71 bits per heavy atom. The summed E-state index contributed by atoms with van der Waals surface area (Å²) in [6, 6.07) is 16.9. The van der Waals surface area contributed by atoms with Crippen molar-refractivity contribution in [3.63, 3.8) is 0 Å². The molecule has 0 spiro atoms. The summed E-state index contributed by atoms with van der Waals surface area (Å²) in [5, 5.41) is 0. The van der Waals surface area contributed by atoms with Crippen LogP contribution in [0.1, 0.15) is 18.2 Å². The number of carbonyl (C=O) groups excluding carboxylic acids is 1.